The molecular weight excluding hydrogens is 274 g/mol. The first-order valence-corrected chi connectivity index (χ1v) is 7.55. The summed E-state index contributed by atoms with van der Waals surface area (Å²) in [5.74, 6) is 1.53. The summed E-state index contributed by atoms with van der Waals surface area (Å²) in [5.41, 5.74) is 1.06. The van der Waals surface area contributed by atoms with Crippen molar-refractivity contribution in [3.05, 3.63) is 11.1 Å². The summed E-state index contributed by atoms with van der Waals surface area (Å²) >= 11 is 4.99. The van der Waals surface area contributed by atoms with Gasteiger partial charge in [-0.1, -0.05) is 32.1 Å². The number of imidazole rings is 1. The van der Waals surface area contributed by atoms with Crippen LogP contribution < -0.4 is 5.32 Å². The van der Waals surface area contributed by atoms with Crippen molar-refractivity contribution in [1.82, 2.24) is 19.7 Å². The molecule has 20 heavy (non-hydrogen) atoms. The predicted molar refractivity (Wildman–Crippen MR) is 79.6 cm³/mol. The lowest BCUT2D eigenvalue weighted by atomic mass is 9.87. The molecule has 3 rings (SSSR count). The SMILES string of the molecule is On1c(=S)[nH]c2c(NCCC3CCCCC3)ncnc21. The lowest BCUT2D eigenvalue weighted by Gasteiger charge is -2.21. The Morgan fingerprint density at radius 2 is 2.15 bits per heavy atom. The fourth-order valence-electron chi connectivity index (χ4n) is 2.91. The van der Waals surface area contributed by atoms with Crippen LogP contribution in [0.5, 0.6) is 0 Å². The lowest BCUT2D eigenvalue weighted by molar-refractivity contribution is 0.192. The van der Waals surface area contributed by atoms with E-state index in [1.165, 1.54) is 38.4 Å². The normalized spacial score (nSPS) is 16.6. The van der Waals surface area contributed by atoms with Gasteiger partial charge in [0.2, 0.25) is 10.4 Å². The monoisotopic (exact) mass is 293 g/mol. The first kappa shape index (κ1) is 13.4. The number of aromatic amines is 1. The van der Waals surface area contributed by atoms with Crippen molar-refractivity contribution >= 4 is 29.2 Å². The molecule has 3 N–H and O–H groups in total. The molecule has 0 unspecified atom stereocenters. The molecule has 0 aliphatic heterocycles. The molecule has 0 radical (unpaired) electrons. The van der Waals surface area contributed by atoms with E-state index in [9.17, 15) is 5.21 Å². The van der Waals surface area contributed by atoms with E-state index in [0.717, 1.165) is 23.6 Å². The number of hydrogen-bond donors (Lipinski definition) is 3. The molecule has 1 aliphatic carbocycles. The van der Waals surface area contributed by atoms with Crippen LogP contribution in [0.2, 0.25) is 0 Å². The van der Waals surface area contributed by atoms with Gasteiger partial charge in [-0.15, -0.1) is 4.73 Å². The van der Waals surface area contributed by atoms with Crippen LogP contribution in [0.25, 0.3) is 11.2 Å². The van der Waals surface area contributed by atoms with E-state index in [1.54, 1.807) is 0 Å². The van der Waals surface area contributed by atoms with Crippen LogP contribution in [0.4, 0.5) is 5.82 Å². The Morgan fingerprint density at radius 3 is 2.95 bits per heavy atom. The molecule has 7 heteroatoms. The second-order valence-corrected chi connectivity index (χ2v) is 5.77. The second kappa shape index (κ2) is 5.78. The highest BCUT2D eigenvalue weighted by Crippen LogP contribution is 2.26. The zero-order valence-electron chi connectivity index (χ0n) is 11.3. The third-order valence-electron chi connectivity index (χ3n) is 4.02. The molecule has 6 nitrogen and oxygen atoms in total. The van der Waals surface area contributed by atoms with Crippen LogP contribution in [0.3, 0.4) is 0 Å². The number of H-pyrrole nitrogens is 1. The summed E-state index contributed by atoms with van der Waals surface area (Å²) in [6.07, 6.45) is 9.39. The van der Waals surface area contributed by atoms with Gasteiger partial charge in [-0.05, 0) is 24.6 Å². The van der Waals surface area contributed by atoms with Crippen LogP contribution in [-0.2, 0) is 0 Å². The molecular formula is C13H19N5OS. The highest BCUT2D eigenvalue weighted by atomic mass is 32.1. The zero-order chi connectivity index (χ0) is 13.9. The van der Waals surface area contributed by atoms with Crippen LogP contribution >= 0.6 is 12.2 Å². The highest BCUT2D eigenvalue weighted by molar-refractivity contribution is 7.71. The summed E-state index contributed by atoms with van der Waals surface area (Å²) in [4.78, 5) is 11.2. The third-order valence-corrected chi connectivity index (χ3v) is 4.30. The molecule has 108 valence electrons. The Hall–Kier alpha value is -1.63. The Labute approximate surface area is 122 Å². The van der Waals surface area contributed by atoms with E-state index in [4.69, 9.17) is 12.2 Å². The highest BCUT2D eigenvalue weighted by Gasteiger charge is 2.14. The van der Waals surface area contributed by atoms with Gasteiger partial charge < -0.3 is 15.5 Å². The maximum atomic E-state index is 9.72. The Kier molecular flexibility index (Phi) is 3.86. The minimum atomic E-state index is 0.232. The largest absolute Gasteiger partial charge is 0.424 e. The third kappa shape index (κ3) is 2.63. The first-order chi connectivity index (χ1) is 9.75. The van der Waals surface area contributed by atoms with Crippen LogP contribution in [0.1, 0.15) is 38.5 Å². The van der Waals surface area contributed by atoms with Gasteiger partial charge in [0, 0.05) is 6.54 Å². The second-order valence-electron chi connectivity index (χ2n) is 5.38. The number of aromatic nitrogens is 4. The zero-order valence-corrected chi connectivity index (χ0v) is 12.1. The molecule has 2 heterocycles. The molecule has 0 amide bonds. The fourth-order valence-corrected chi connectivity index (χ4v) is 3.10. The van der Waals surface area contributed by atoms with E-state index in [-0.39, 0.29) is 4.77 Å². The van der Waals surface area contributed by atoms with E-state index < -0.39 is 0 Å². The van der Waals surface area contributed by atoms with Gasteiger partial charge in [0.05, 0.1) is 0 Å². The van der Waals surface area contributed by atoms with Crippen molar-refractivity contribution in [1.29, 1.82) is 0 Å². The van der Waals surface area contributed by atoms with Crippen molar-refractivity contribution in [2.75, 3.05) is 11.9 Å². The van der Waals surface area contributed by atoms with E-state index in [2.05, 4.69) is 20.3 Å². The predicted octanol–water partition coefficient (Wildman–Crippen LogP) is 3.11. The molecule has 0 bridgehead atoms. The Balaban J connectivity index is 1.68. The molecule has 0 saturated heterocycles. The van der Waals surface area contributed by atoms with Crippen LogP contribution in [-0.4, -0.2) is 31.4 Å². The average molecular weight is 293 g/mol. The molecule has 1 aliphatic rings. The molecule has 0 aromatic carbocycles. The molecule has 1 fully saturated rings. The van der Waals surface area contributed by atoms with Gasteiger partial charge >= 0.3 is 0 Å². The average Bonchev–Trinajstić information content (AvgIpc) is 2.77. The lowest BCUT2D eigenvalue weighted by Crippen LogP contribution is -2.13. The van der Waals surface area contributed by atoms with Crippen molar-refractivity contribution in [3.63, 3.8) is 0 Å². The summed E-state index contributed by atoms with van der Waals surface area (Å²) in [6, 6.07) is 0. The minimum absolute atomic E-state index is 0.232. The smallest absolute Gasteiger partial charge is 0.214 e. The number of nitrogens with one attached hydrogen (secondary N) is 2. The minimum Gasteiger partial charge on any atom is -0.424 e. The maximum Gasteiger partial charge on any atom is 0.214 e. The van der Waals surface area contributed by atoms with Crippen molar-refractivity contribution in [3.8, 4) is 0 Å². The van der Waals surface area contributed by atoms with Gasteiger partial charge in [-0.2, -0.15) is 0 Å². The summed E-state index contributed by atoms with van der Waals surface area (Å²) in [6.45, 7) is 0.883. The topological polar surface area (TPSA) is 78.8 Å². The Bertz CT molecular complexity index is 644. The van der Waals surface area contributed by atoms with Crippen molar-refractivity contribution < 1.29 is 5.21 Å². The first-order valence-electron chi connectivity index (χ1n) is 7.14. The van der Waals surface area contributed by atoms with Crippen molar-refractivity contribution in [2.45, 2.75) is 38.5 Å². The molecule has 0 spiro atoms. The molecule has 0 atom stereocenters. The molecule has 1 saturated carbocycles. The van der Waals surface area contributed by atoms with Gasteiger partial charge in [-0.25, -0.2) is 9.97 Å². The van der Waals surface area contributed by atoms with Gasteiger partial charge in [-0.3, -0.25) is 0 Å². The number of anilines is 1. The van der Waals surface area contributed by atoms with Gasteiger partial charge in [0.15, 0.2) is 5.82 Å². The number of fused-ring (bicyclic) bond motifs is 1. The fraction of sp³-hybridized carbons (Fsp3) is 0.615. The van der Waals surface area contributed by atoms with Crippen LogP contribution in [0, 0.1) is 10.7 Å². The number of hydrogen-bond acceptors (Lipinski definition) is 5. The molecule has 2 aromatic heterocycles. The Morgan fingerprint density at radius 1 is 1.35 bits per heavy atom. The maximum absolute atomic E-state index is 9.72. The molecule has 2 aromatic rings. The van der Waals surface area contributed by atoms with Gasteiger partial charge in [0.25, 0.3) is 0 Å². The van der Waals surface area contributed by atoms with Crippen LogP contribution in [0.15, 0.2) is 6.33 Å². The number of rotatable bonds is 4. The standard InChI is InChI=1S/C13H19N5OS/c19-18-12-10(17-13(18)20)11(15-8-16-12)14-7-6-9-4-2-1-3-5-9/h8-9,19H,1-7H2,(H,17,20)(H,14,15,16). The quantitative estimate of drug-likeness (QED) is 0.596. The van der Waals surface area contributed by atoms with E-state index in [1.807, 2.05) is 0 Å². The van der Waals surface area contributed by atoms with E-state index >= 15 is 0 Å². The number of nitrogens with zero attached hydrogens (tertiary/aromatic N) is 3. The van der Waals surface area contributed by atoms with Gasteiger partial charge in [0.1, 0.15) is 11.8 Å². The summed E-state index contributed by atoms with van der Waals surface area (Å²) < 4.78 is 1.11. The summed E-state index contributed by atoms with van der Waals surface area (Å²) in [7, 11) is 0. The summed E-state index contributed by atoms with van der Waals surface area (Å²) in [5, 5.41) is 13.0. The van der Waals surface area contributed by atoms with E-state index in [0.29, 0.717) is 17.0 Å². The van der Waals surface area contributed by atoms with Crippen molar-refractivity contribution in [2.24, 2.45) is 5.92 Å².